The molecule has 1 aliphatic heterocycles. The van der Waals surface area contributed by atoms with Gasteiger partial charge in [0.25, 0.3) is 0 Å². The molecule has 4 nitrogen and oxygen atoms in total. The van der Waals surface area contributed by atoms with Crippen LogP contribution in [0.2, 0.25) is 5.02 Å². The summed E-state index contributed by atoms with van der Waals surface area (Å²) >= 11 is 12.3. The van der Waals surface area contributed by atoms with E-state index in [-0.39, 0.29) is 17.9 Å². The zero-order valence-corrected chi connectivity index (χ0v) is 21.6. The van der Waals surface area contributed by atoms with Gasteiger partial charge < -0.3 is 14.8 Å². The molecule has 0 bridgehead atoms. The van der Waals surface area contributed by atoms with Crippen molar-refractivity contribution in [3.8, 4) is 5.69 Å². The van der Waals surface area contributed by atoms with Crippen LogP contribution in [-0.4, -0.2) is 14.7 Å². The molecule has 1 fully saturated rings. The Bertz CT molecular complexity index is 1430. The Labute approximate surface area is 215 Å². The molecular formula is C28H26ClFN4S. The van der Waals surface area contributed by atoms with E-state index in [0.29, 0.717) is 10.7 Å². The van der Waals surface area contributed by atoms with Crippen molar-refractivity contribution in [2.45, 2.75) is 39.8 Å². The zero-order chi connectivity index (χ0) is 24.9. The Hall–Kier alpha value is -3.22. The van der Waals surface area contributed by atoms with Crippen LogP contribution in [0.3, 0.4) is 0 Å². The molecular weight excluding hydrogens is 479 g/mol. The first kappa shape index (κ1) is 23.5. The van der Waals surface area contributed by atoms with Crippen molar-refractivity contribution >= 4 is 34.6 Å². The summed E-state index contributed by atoms with van der Waals surface area (Å²) in [6, 6.07) is 18.8. The molecule has 2 aromatic heterocycles. The fraction of sp³-hybridized carbons (Fsp3) is 0.214. The molecule has 1 aliphatic rings. The highest BCUT2D eigenvalue weighted by molar-refractivity contribution is 7.80. The van der Waals surface area contributed by atoms with Gasteiger partial charge in [-0.15, -0.1) is 0 Å². The van der Waals surface area contributed by atoms with E-state index in [4.69, 9.17) is 23.8 Å². The van der Waals surface area contributed by atoms with Crippen molar-refractivity contribution in [3.63, 3.8) is 0 Å². The summed E-state index contributed by atoms with van der Waals surface area (Å²) in [5.41, 5.74) is 7.68. The number of rotatable bonds is 4. The molecule has 2 aromatic carbocycles. The van der Waals surface area contributed by atoms with Gasteiger partial charge in [-0.1, -0.05) is 23.7 Å². The molecule has 2 atom stereocenters. The second kappa shape index (κ2) is 9.10. The summed E-state index contributed by atoms with van der Waals surface area (Å²) < 4.78 is 16.4. The van der Waals surface area contributed by atoms with E-state index < -0.39 is 0 Å². The third-order valence-electron chi connectivity index (χ3n) is 6.79. The highest BCUT2D eigenvalue weighted by Crippen LogP contribution is 2.44. The SMILES string of the molecule is Cc1cc(N2C(=S)NC(c3ccccn3)C2c2cc(C)n(-c3cccc(Cl)c3C)c2C)ccc1F. The number of halogens is 2. The van der Waals surface area contributed by atoms with Gasteiger partial charge in [-0.25, -0.2) is 4.39 Å². The molecule has 0 radical (unpaired) electrons. The first-order chi connectivity index (χ1) is 16.8. The van der Waals surface area contributed by atoms with Crippen molar-refractivity contribution in [2.24, 2.45) is 0 Å². The number of thiocarbonyl (C=S) groups is 1. The average molecular weight is 505 g/mol. The van der Waals surface area contributed by atoms with Gasteiger partial charge >= 0.3 is 0 Å². The lowest BCUT2D eigenvalue weighted by Crippen LogP contribution is -2.29. The number of aryl methyl sites for hydroxylation is 2. The maximum Gasteiger partial charge on any atom is 0.174 e. The largest absolute Gasteiger partial charge is 0.351 e. The maximum absolute atomic E-state index is 14.1. The quantitative estimate of drug-likeness (QED) is 0.301. The number of nitrogens with one attached hydrogen (secondary N) is 1. The summed E-state index contributed by atoms with van der Waals surface area (Å²) in [5.74, 6) is -0.237. The van der Waals surface area contributed by atoms with Crippen molar-refractivity contribution < 1.29 is 4.39 Å². The van der Waals surface area contributed by atoms with Gasteiger partial charge in [0.1, 0.15) is 5.82 Å². The average Bonchev–Trinajstić information content (AvgIpc) is 3.33. The lowest BCUT2D eigenvalue weighted by atomic mass is 9.96. The van der Waals surface area contributed by atoms with E-state index in [1.54, 1.807) is 19.2 Å². The molecule has 178 valence electrons. The van der Waals surface area contributed by atoms with Gasteiger partial charge in [-0.2, -0.15) is 0 Å². The van der Waals surface area contributed by atoms with Crippen LogP contribution in [0.4, 0.5) is 10.1 Å². The van der Waals surface area contributed by atoms with Gasteiger partial charge in [0, 0.05) is 34.0 Å². The van der Waals surface area contributed by atoms with Gasteiger partial charge in [0.2, 0.25) is 0 Å². The highest BCUT2D eigenvalue weighted by atomic mass is 35.5. The molecule has 7 heteroatoms. The number of benzene rings is 2. The Morgan fingerprint density at radius 2 is 1.80 bits per heavy atom. The molecule has 0 aliphatic carbocycles. The Morgan fingerprint density at radius 1 is 1.00 bits per heavy atom. The molecule has 0 amide bonds. The van der Waals surface area contributed by atoms with E-state index in [2.05, 4.69) is 45.7 Å². The minimum Gasteiger partial charge on any atom is -0.351 e. The first-order valence-corrected chi connectivity index (χ1v) is 12.3. The number of aromatic nitrogens is 2. The molecule has 1 N–H and O–H groups in total. The fourth-order valence-electron chi connectivity index (χ4n) is 5.02. The first-order valence-electron chi connectivity index (χ1n) is 11.5. The van der Waals surface area contributed by atoms with Gasteiger partial charge in [0.05, 0.1) is 17.8 Å². The van der Waals surface area contributed by atoms with Crippen molar-refractivity contribution in [1.82, 2.24) is 14.9 Å². The summed E-state index contributed by atoms with van der Waals surface area (Å²) in [6.07, 6.45) is 1.79. The number of nitrogens with zero attached hydrogens (tertiary/aromatic N) is 3. The number of anilines is 1. The minimum absolute atomic E-state index is 0.177. The van der Waals surface area contributed by atoms with E-state index in [1.807, 2.05) is 43.3 Å². The molecule has 35 heavy (non-hydrogen) atoms. The zero-order valence-electron chi connectivity index (χ0n) is 20.0. The Morgan fingerprint density at radius 3 is 2.51 bits per heavy atom. The molecule has 0 spiro atoms. The normalized spacial score (nSPS) is 17.7. The van der Waals surface area contributed by atoms with Gasteiger partial charge in [0.15, 0.2) is 5.11 Å². The standard InChI is InChI=1S/C28H26ClFN4S/c1-16-14-20(11-12-23(16)30)34-27(26(32-28(34)35)24-9-5-6-13-31-24)21-15-17(2)33(19(21)4)25-10-7-8-22(29)18(25)3/h5-15,26-27H,1-4H3,(H,32,35). The minimum atomic E-state index is -0.237. The third kappa shape index (κ3) is 4.01. The Balaban J connectivity index is 1.71. The topological polar surface area (TPSA) is 33.1 Å². The van der Waals surface area contributed by atoms with Crippen LogP contribution in [0.1, 0.15) is 45.9 Å². The lowest BCUT2D eigenvalue weighted by molar-refractivity contribution is 0.564. The highest BCUT2D eigenvalue weighted by Gasteiger charge is 2.42. The fourth-order valence-corrected chi connectivity index (χ4v) is 5.54. The maximum atomic E-state index is 14.1. The van der Waals surface area contributed by atoms with Crippen molar-refractivity contribution in [1.29, 1.82) is 0 Å². The molecule has 2 unspecified atom stereocenters. The molecule has 0 saturated carbocycles. The van der Waals surface area contributed by atoms with Gasteiger partial charge in [-0.3, -0.25) is 4.98 Å². The molecule has 4 aromatic rings. The molecule has 3 heterocycles. The predicted octanol–water partition coefficient (Wildman–Crippen LogP) is 7.08. The number of hydrogen-bond acceptors (Lipinski definition) is 2. The van der Waals surface area contributed by atoms with Gasteiger partial charge in [-0.05, 0) is 105 Å². The summed E-state index contributed by atoms with van der Waals surface area (Å²) in [6.45, 7) is 8.02. The number of hydrogen-bond donors (Lipinski definition) is 1. The molecule has 1 saturated heterocycles. The van der Waals surface area contributed by atoms with E-state index >= 15 is 0 Å². The summed E-state index contributed by atoms with van der Waals surface area (Å²) in [4.78, 5) is 6.72. The Kier molecular flexibility index (Phi) is 6.11. The molecule has 5 rings (SSSR count). The van der Waals surface area contributed by atoms with Crippen LogP contribution in [0.15, 0.2) is 66.9 Å². The van der Waals surface area contributed by atoms with Crippen LogP contribution in [0.5, 0.6) is 0 Å². The van der Waals surface area contributed by atoms with Crippen LogP contribution >= 0.6 is 23.8 Å². The van der Waals surface area contributed by atoms with Crippen LogP contribution in [0.25, 0.3) is 5.69 Å². The van der Waals surface area contributed by atoms with Crippen LogP contribution < -0.4 is 10.2 Å². The lowest BCUT2D eigenvalue weighted by Gasteiger charge is -2.28. The van der Waals surface area contributed by atoms with Crippen molar-refractivity contribution in [2.75, 3.05) is 4.90 Å². The predicted molar refractivity (Wildman–Crippen MR) is 144 cm³/mol. The smallest absolute Gasteiger partial charge is 0.174 e. The number of pyridine rings is 1. The second-order valence-corrected chi connectivity index (χ2v) is 9.77. The van der Waals surface area contributed by atoms with Crippen molar-refractivity contribution in [3.05, 3.63) is 111 Å². The van der Waals surface area contributed by atoms with E-state index in [1.165, 1.54) is 6.07 Å². The third-order valence-corrected chi connectivity index (χ3v) is 7.51. The summed E-state index contributed by atoms with van der Waals surface area (Å²) in [5, 5.41) is 4.80. The second-order valence-electron chi connectivity index (χ2n) is 8.98. The van der Waals surface area contributed by atoms with Crippen LogP contribution in [0, 0.1) is 33.5 Å². The monoisotopic (exact) mass is 504 g/mol. The van der Waals surface area contributed by atoms with Crippen LogP contribution in [-0.2, 0) is 0 Å². The van der Waals surface area contributed by atoms with E-state index in [0.717, 1.165) is 44.6 Å². The summed E-state index contributed by atoms with van der Waals surface area (Å²) in [7, 11) is 0. The van der Waals surface area contributed by atoms with E-state index in [9.17, 15) is 4.39 Å².